The molecule has 1 saturated carbocycles. The van der Waals surface area contributed by atoms with Crippen molar-refractivity contribution in [1.82, 2.24) is 9.55 Å². The van der Waals surface area contributed by atoms with Crippen molar-refractivity contribution >= 4 is 17.3 Å². The van der Waals surface area contributed by atoms with E-state index in [9.17, 15) is 0 Å². The van der Waals surface area contributed by atoms with Crippen LogP contribution in [-0.4, -0.2) is 15.6 Å². The second-order valence-electron chi connectivity index (χ2n) is 6.37. The first kappa shape index (κ1) is 13.7. The van der Waals surface area contributed by atoms with Gasteiger partial charge in [0.15, 0.2) is 0 Å². The number of hydrogen-bond donors (Lipinski definition) is 1. The van der Waals surface area contributed by atoms with Gasteiger partial charge < -0.3 is 9.88 Å². The molecule has 0 amide bonds. The standard InChI is InChI=1S/C16H23N3S/c1-16(2,14-8-5-11-20-14)12-19-10-9-17-15(19)18-13-6-3-4-7-13/h5,8-11,13H,3-4,6-7,12H2,1-2H3,(H,17,18). The highest BCUT2D eigenvalue weighted by molar-refractivity contribution is 7.10. The Morgan fingerprint density at radius 3 is 2.90 bits per heavy atom. The largest absolute Gasteiger partial charge is 0.353 e. The fourth-order valence-corrected chi connectivity index (χ4v) is 3.84. The Balaban J connectivity index is 1.73. The van der Waals surface area contributed by atoms with Gasteiger partial charge in [-0.3, -0.25) is 0 Å². The van der Waals surface area contributed by atoms with Crippen LogP contribution in [0, 0.1) is 0 Å². The normalized spacial score (nSPS) is 16.7. The monoisotopic (exact) mass is 289 g/mol. The van der Waals surface area contributed by atoms with E-state index in [4.69, 9.17) is 0 Å². The average molecular weight is 289 g/mol. The third-order valence-electron chi connectivity index (χ3n) is 4.16. The van der Waals surface area contributed by atoms with Gasteiger partial charge in [-0.15, -0.1) is 11.3 Å². The third kappa shape index (κ3) is 2.90. The molecule has 2 aromatic rings. The van der Waals surface area contributed by atoms with E-state index in [-0.39, 0.29) is 5.41 Å². The lowest BCUT2D eigenvalue weighted by Gasteiger charge is -2.25. The van der Waals surface area contributed by atoms with Crippen molar-refractivity contribution < 1.29 is 0 Å². The number of hydrogen-bond acceptors (Lipinski definition) is 3. The summed E-state index contributed by atoms with van der Waals surface area (Å²) in [5.74, 6) is 1.03. The number of rotatable bonds is 5. The van der Waals surface area contributed by atoms with Crippen LogP contribution in [0.2, 0.25) is 0 Å². The van der Waals surface area contributed by atoms with Gasteiger partial charge in [0.2, 0.25) is 5.95 Å². The molecule has 0 atom stereocenters. The molecule has 2 heterocycles. The van der Waals surface area contributed by atoms with Gasteiger partial charge in [0, 0.05) is 35.3 Å². The van der Waals surface area contributed by atoms with Gasteiger partial charge in [0.1, 0.15) is 0 Å². The van der Waals surface area contributed by atoms with E-state index in [1.54, 1.807) is 0 Å². The van der Waals surface area contributed by atoms with Crippen molar-refractivity contribution in [3.63, 3.8) is 0 Å². The molecule has 1 aliphatic carbocycles. The number of nitrogens with zero attached hydrogens (tertiary/aromatic N) is 2. The van der Waals surface area contributed by atoms with E-state index >= 15 is 0 Å². The van der Waals surface area contributed by atoms with Crippen LogP contribution in [0.1, 0.15) is 44.4 Å². The molecule has 0 unspecified atom stereocenters. The maximum absolute atomic E-state index is 4.50. The third-order valence-corrected chi connectivity index (χ3v) is 5.39. The van der Waals surface area contributed by atoms with E-state index in [2.05, 4.69) is 52.4 Å². The lowest BCUT2D eigenvalue weighted by Crippen LogP contribution is -2.25. The van der Waals surface area contributed by atoms with Crippen molar-refractivity contribution in [2.45, 2.75) is 57.5 Å². The van der Waals surface area contributed by atoms with Crippen LogP contribution < -0.4 is 5.32 Å². The Kier molecular flexibility index (Phi) is 3.83. The van der Waals surface area contributed by atoms with Gasteiger partial charge in [-0.05, 0) is 24.3 Å². The van der Waals surface area contributed by atoms with Gasteiger partial charge in [-0.25, -0.2) is 4.98 Å². The molecule has 20 heavy (non-hydrogen) atoms. The number of imidazole rings is 1. The molecule has 0 aromatic carbocycles. The van der Waals surface area contributed by atoms with Gasteiger partial charge in [-0.2, -0.15) is 0 Å². The van der Waals surface area contributed by atoms with Crippen molar-refractivity contribution in [2.24, 2.45) is 0 Å². The summed E-state index contributed by atoms with van der Waals surface area (Å²) in [4.78, 5) is 5.93. The minimum absolute atomic E-state index is 0.140. The fourth-order valence-electron chi connectivity index (χ4n) is 3.00. The van der Waals surface area contributed by atoms with Crippen LogP contribution >= 0.6 is 11.3 Å². The first-order valence-electron chi connectivity index (χ1n) is 7.47. The van der Waals surface area contributed by atoms with Gasteiger partial charge >= 0.3 is 0 Å². The van der Waals surface area contributed by atoms with Gasteiger partial charge in [0.05, 0.1) is 0 Å². The minimum Gasteiger partial charge on any atom is -0.353 e. The summed E-state index contributed by atoms with van der Waals surface area (Å²) in [6.07, 6.45) is 9.24. The van der Waals surface area contributed by atoms with E-state index in [1.807, 2.05) is 17.5 Å². The molecule has 1 aliphatic rings. The lowest BCUT2D eigenvalue weighted by atomic mass is 9.91. The first-order chi connectivity index (χ1) is 9.65. The Morgan fingerprint density at radius 2 is 2.20 bits per heavy atom. The maximum Gasteiger partial charge on any atom is 0.203 e. The number of aromatic nitrogens is 2. The summed E-state index contributed by atoms with van der Waals surface area (Å²) >= 11 is 1.84. The summed E-state index contributed by atoms with van der Waals surface area (Å²) in [6.45, 7) is 5.57. The Labute approximate surface area is 125 Å². The summed E-state index contributed by atoms with van der Waals surface area (Å²) < 4.78 is 2.26. The SMILES string of the molecule is CC(C)(Cn1ccnc1NC1CCCC1)c1cccs1. The van der Waals surface area contributed by atoms with Crippen LogP contribution in [0.5, 0.6) is 0 Å². The zero-order chi connectivity index (χ0) is 14.0. The van der Waals surface area contributed by atoms with Crippen molar-refractivity contribution in [3.05, 3.63) is 34.8 Å². The maximum atomic E-state index is 4.50. The molecule has 1 fully saturated rings. The highest BCUT2D eigenvalue weighted by Gasteiger charge is 2.24. The zero-order valence-electron chi connectivity index (χ0n) is 12.3. The van der Waals surface area contributed by atoms with E-state index in [0.717, 1.165) is 12.5 Å². The molecule has 1 N–H and O–H groups in total. The predicted octanol–water partition coefficient (Wildman–Crippen LogP) is 4.28. The number of nitrogens with one attached hydrogen (secondary N) is 1. The average Bonchev–Trinajstić information content (AvgIpc) is 3.12. The lowest BCUT2D eigenvalue weighted by molar-refractivity contribution is 0.444. The number of anilines is 1. The molecular weight excluding hydrogens is 266 g/mol. The molecular formula is C16H23N3S. The van der Waals surface area contributed by atoms with Crippen molar-refractivity contribution in [3.8, 4) is 0 Å². The molecule has 4 heteroatoms. The van der Waals surface area contributed by atoms with E-state index in [0.29, 0.717) is 6.04 Å². The van der Waals surface area contributed by atoms with E-state index < -0.39 is 0 Å². The summed E-state index contributed by atoms with van der Waals surface area (Å²) in [5, 5.41) is 5.77. The van der Waals surface area contributed by atoms with Crippen LogP contribution in [0.15, 0.2) is 29.9 Å². The molecule has 3 nitrogen and oxygen atoms in total. The predicted molar refractivity (Wildman–Crippen MR) is 85.5 cm³/mol. The highest BCUT2D eigenvalue weighted by Crippen LogP contribution is 2.30. The minimum atomic E-state index is 0.140. The van der Waals surface area contributed by atoms with Crippen LogP contribution in [0.3, 0.4) is 0 Å². The quantitative estimate of drug-likeness (QED) is 0.890. The van der Waals surface area contributed by atoms with Crippen LogP contribution in [-0.2, 0) is 12.0 Å². The summed E-state index contributed by atoms with van der Waals surface area (Å²) in [7, 11) is 0. The topological polar surface area (TPSA) is 29.9 Å². The highest BCUT2D eigenvalue weighted by atomic mass is 32.1. The first-order valence-corrected chi connectivity index (χ1v) is 8.35. The molecule has 0 radical (unpaired) electrons. The van der Waals surface area contributed by atoms with E-state index in [1.165, 1.54) is 30.6 Å². The van der Waals surface area contributed by atoms with Gasteiger partial charge in [0.25, 0.3) is 0 Å². The smallest absolute Gasteiger partial charge is 0.203 e. The number of thiophene rings is 1. The second kappa shape index (κ2) is 5.60. The summed E-state index contributed by atoms with van der Waals surface area (Å²) in [6, 6.07) is 4.97. The second-order valence-corrected chi connectivity index (χ2v) is 7.31. The molecule has 0 spiro atoms. The molecule has 0 aliphatic heterocycles. The van der Waals surface area contributed by atoms with Crippen LogP contribution in [0.4, 0.5) is 5.95 Å². The van der Waals surface area contributed by atoms with Crippen LogP contribution in [0.25, 0.3) is 0 Å². The molecule has 0 bridgehead atoms. The molecule has 3 rings (SSSR count). The Morgan fingerprint density at radius 1 is 1.40 bits per heavy atom. The molecule has 2 aromatic heterocycles. The van der Waals surface area contributed by atoms with Crippen molar-refractivity contribution in [1.29, 1.82) is 0 Å². The van der Waals surface area contributed by atoms with Gasteiger partial charge in [-0.1, -0.05) is 32.8 Å². The molecule has 108 valence electrons. The Hall–Kier alpha value is -1.29. The fraction of sp³-hybridized carbons (Fsp3) is 0.562. The zero-order valence-corrected chi connectivity index (χ0v) is 13.1. The molecule has 0 saturated heterocycles. The Bertz CT molecular complexity index is 536. The van der Waals surface area contributed by atoms with Crippen molar-refractivity contribution in [2.75, 3.05) is 5.32 Å². The summed E-state index contributed by atoms with van der Waals surface area (Å²) in [5.41, 5.74) is 0.140.